The molecule has 1 amide bonds. The molecule has 0 aliphatic carbocycles. The van der Waals surface area contributed by atoms with Crippen LogP contribution in [0, 0.1) is 0 Å². The van der Waals surface area contributed by atoms with Gasteiger partial charge in [-0.15, -0.1) is 0 Å². The smallest absolute Gasteiger partial charge is 0.348 e. The topological polar surface area (TPSA) is 54.9 Å². The van der Waals surface area contributed by atoms with E-state index in [9.17, 15) is 18.0 Å². The van der Waals surface area contributed by atoms with E-state index in [-0.39, 0.29) is 6.54 Å². The minimum atomic E-state index is -4.55. The van der Waals surface area contributed by atoms with Crippen molar-refractivity contribution in [3.8, 4) is 0 Å². The number of amides is 1. The average molecular weight is 231 g/mol. The molecule has 1 aromatic heterocycles. The summed E-state index contributed by atoms with van der Waals surface area (Å²) in [5, 5.41) is 2.39. The first kappa shape index (κ1) is 12.2. The van der Waals surface area contributed by atoms with Crippen LogP contribution in [-0.4, -0.2) is 15.9 Å². The molecule has 0 aliphatic rings. The molecule has 4 nitrogen and oxygen atoms in total. The molecule has 0 saturated carbocycles. The average Bonchev–Trinajstić information content (AvgIpc) is 2.25. The SMILES string of the molecule is C=CC(=O)NCc1cnc(C(F)(F)F)nc1. The molecule has 0 aromatic carbocycles. The molecule has 0 aliphatic heterocycles. The molecule has 1 aromatic rings. The van der Waals surface area contributed by atoms with Crippen LogP contribution in [0.1, 0.15) is 11.4 Å². The normalized spacial score (nSPS) is 10.9. The number of carbonyl (C=O) groups is 1. The Morgan fingerprint density at radius 1 is 1.44 bits per heavy atom. The number of rotatable bonds is 3. The summed E-state index contributed by atoms with van der Waals surface area (Å²) in [4.78, 5) is 17.0. The molecular weight excluding hydrogens is 223 g/mol. The molecule has 7 heteroatoms. The van der Waals surface area contributed by atoms with Crippen molar-refractivity contribution in [3.05, 3.63) is 36.4 Å². The van der Waals surface area contributed by atoms with Crippen LogP contribution < -0.4 is 5.32 Å². The largest absolute Gasteiger partial charge is 0.451 e. The summed E-state index contributed by atoms with van der Waals surface area (Å²) >= 11 is 0. The summed E-state index contributed by atoms with van der Waals surface area (Å²) in [5.74, 6) is -1.62. The van der Waals surface area contributed by atoms with E-state index in [0.29, 0.717) is 5.56 Å². The van der Waals surface area contributed by atoms with Crippen molar-refractivity contribution in [2.75, 3.05) is 0 Å². The Bertz CT molecular complexity index is 386. The van der Waals surface area contributed by atoms with Gasteiger partial charge < -0.3 is 5.32 Å². The number of hydrogen-bond donors (Lipinski definition) is 1. The van der Waals surface area contributed by atoms with Gasteiger partial charge in [0.1, 0.15) is 0 Å². The third-order valence-corrected chi connectivity index (χ3v) is 1.61. The van der Waals surface area contributed by atoms with E-state index in [1.54, 1.807) is 0 Å². The number of aromatic nitrogens is 2. The van der Waals surface area contributed by atoms with Gasteiger partial charge in [0.05, 0.1) is 0 Å². The van der Waals surface area contributed by atoms with Crippen LogP contribution in [0.5, 0.6) is 0 Å². The summed E-state index contributed by atoms with van der Waals surface area (Å²) in [6, 6.07) is 0. The van der Waals surface area contributed by atoms with E-state index < -0.39 is 17.9 Å². The fourth-order valence-electron chi connectivity index (χ4n) is 0.854. The molecule has 0 atom stereocenters. The van der Waals surface area contributed by atoms with Crippen LogP contribution in [0.15, 0.2) is 25.0 Å². The first-order valence-electron chi connectivity index (χ1n) is 4.22. The maximum Gasteiger partial charge on any atom is 0.451 e. The molecular formula is C9H8F3N3O. The minimum absolute atomic E-state index is 0.0585. The zero-order valence-electron chi connectivity index (χ0n) is 8.08. The highest BCUT2D eigenvalue weighted by atomic mass is 19.4. The second-order valence-electron chi connectivity index (χ2n) is 2.83. The molecule has 1 rings (SSSR count). The van der Waals surface area contributed by atoms with E-state index in [4.69, 9.17) is 0 Å². The Labute approximate surface area is 89.2 Å². The van der Waals surface area contributed by atoms with Crippen molar-refractivity contribution in [2.45, 2.75) is 12.7 Å². The first-order valence-corrected chi connectivity index (χ1v) is 4.22. The molecule has 1 heterocycles. The van der Waals surface area contributed by atoms with Crippen molar-refractivity contribution in [1.82, 2.24) is 15.3 Å². The van der Waals surface area contributed by atoms with Crippen LogP contribution in [0.3, 0.4) is 0 Å². The van der Waals surface area contributed by atoms with Crippen LogP contribution in [-0.2, 0) is 17.5 Å². The summed E-state index contributed by atoms with van der Waals surface area (Å²) < 4.78 is 36.2. The van der Waals surface area contributed by atoms with Gasteiger partial charge in [0.15, 0.2) is 0 Å². The lowest BCUT2D eigenvalue weighted by atomic mass is 10.3. The highest BCUT2D eigenvalue weighted by Gasteiger charge is 2.34. The van der Waals surface area contributed by atoms with Crippen molar-refractivity contribution in [1.29, 1.82) is 0 Å². The standard InChI is InChI=1S/C9H8F3N3O/c1-2-7(16)13-3-6-4-14-8(15-5-6)9(10,11)12/h2,4-5H,1,3H2,(H,13,16). The maximum absolute atomic E-state index is 12.1. The molecule has 0 spiro atoms. The third-order valence-electron chi connectivity index (χ3n) is 1.61. The fraction of sp³-hybridized carbons (Fsp3) is 0.222. The van der Waals surface area contributed by atoms with Crippen LogP contribution in [0.4, 0.5) is 13.2 Å². The van der Waals surface area contributed by atoms with Crippen molar-refractivity contribution < 1.29 is 18.0 Å². The summed E-state index contributed by atoms with van der Waals surface area (Å²) in [5.41, 5.74) is 0.378. The summed E-state index contributed by atoms with van der Waals surface area (Å²) in [7, 11) is 0. The van der Waals surface area contributed by atoms with E-state index in [1.165, 1.54) is 0 Å². The lowest BCUT2D eigenvalue weighted by molar-refractivity contribution is -0.145. The number of hydrogen-bond acceptors (Lipinski definition) is 3. The number of halogens is 3. The van der Waals surface area contributed by atoms with Crippen molar-refractivity contribution in [2.24, 2.45) is 0 Å². The van der Waals surface area contributed by atoms with Gasteiger partial charge in [-0.25, -0.2) is 9.97 Å². The predicted octanol–water partition coefficient (Wildman–Crippen LogP) is 1.30. The number of alkyl halides is 3. The molecule has 0 saturated heterocycles. The second-order valence-corrected chi connectivity index (χ2v) is 2.83. The Kier molecular flexibility index (Phi) is 3.60. The van der Waals surface area contributed by atoms with Crippen LogP contribution >= 0.6 is 0 Å². The van der Waals surface area contributed by atoms with E-state index in [0.717, 1.165) is 18.5 Å². The van der Waals surface area contributed by atoms with Gasteiger partial charge in [-0.3, -0.25) is 4.79 Å². The monoisotopic (exact) mass is 231 g/mol. The summed E-state index contributed by atoms with van der Waals surface area (Å²) in [6.45, 7) is 3.29. The lowest BCUT2D eigenvalue weighted by Crippen LogP contribution is -2.20. The van der Waals surface area contributed by atoms with Gasteiger partial charge in [0, 0.05) is 24.5 Å². The summed E-state index contributed by atoms with van der Waals surface area (Å²) in [6.07, 6.45) is -1.47. The van der Waals surface area contributed by atoms with Gasteiger partial charge in [0.2, 0.25) is 11.7 Å². The maximum atomic E-state index is 12.1. The fourth-order valence-corrected chi connectivity index (χ4v) is 0.854. The number of carbonyl (C=O) groups excluding carboxylic acids is 1. The van der Waals surface area contributed by atoms with Crippen LogP contribution in [0.25, 0.3) is 0 Å². The molecule has 86 valence electrons. The van der Waals surface area contributed by atoms with E-state index in [1.807, 2.05) is 0 Å². The number of nitrogens with zero attached hydrogens (tertiary/aromatic N) is 2. The van der Waals surface area contributed by atoms with Gasteiger partial charge in [0.25, 0.3) is 0 Å². The Hall–Kier alpha value is -1.92. The van der Waals surface area contributed by atoms with E-state index >= 15 is 0 Å². The second kappa shape index (κ2) is 4.73. The highest BCUT2D eigenvalue weighted by Crippen LogP contribution is 2.25. The molecule has 0 fully saturated rings. The Morgan fingerprint density at radius 3 is 2.44 bits per heavy atom. The van der Waals surface area contributed by atoms with Crippen molar-refractivity contribution in [3.63, 3.8) is 0 Å². The van der Waals surface area contributed by atoms with E-state index in [2.05, 4.69) is 21.9 Å². The Morgan fingerprint density at radius 2 is 2.00 bits per heavy atom. The van der Waals surface area contributed by atoms with Crippen molar-refractivity contribution >= 4 is 5.91 Å². The molecule has 0 bridgehead atoms. The molecule has 16 heavy (non-hydrogen) atoms. The number of nitrogens with one attached hydrogen (secondary N) is 1. The predicted molar refractivity (Wildman–Crippen MR) is 49.1 cm³/mol. The minimum Gasteiger partial charge on any atom is -0.348 e. The van der Waals surface area contributed by atoms with Gasteiger partial charge in [-0.2, -0.15) is 13.2 Å². The quantitative estimate of drug-likeness (QED) is 0.797. The molecule has 0 unspecified atom stereocenters. The van der Waals surface area contributed by atoms with Gasteiger partial charge >= 0.3 is 6.18 Å². The zero-order chi connectivity index (χ0) is 12.2. The lowest BCUT2D eigenvalue weighted by Gasteiger charge is -2.05. The molecule has 0 radical (unpaired) electrons. The first-order chi connectivity index (χ1) is 7.43. The van der Waals surface area contributed by atoms with Gasteiger partial charge in [-0.1, -0.05) is 6.58 Å². The highest BCUT2D eigenvalue weighted by molar-refractivity contribution is 5.86. The Balaban J connectivity index is 2.65. The third kappa shape index (κ3) is 3.34. The zero-order valence-corrected chi connectivity index (χ0v) is 8.08. The van der Waals surface area contributed by atoms with Crippen LogP contribution in [0.2, 0.25) is 0 Å². The molecule has 1 N–H and O–H groups in total. The van der Waals surface area contributed by atoms with Gasteiger partial charge in [-0.05, 0) is 6.08 Å².